The van der Waals surface area contributed by atoms with Gasteiger partial charge in [0.15, 0.2) is 5.82 Å². The van der Waals surface area contributed by atoms with Crippen LogP contribution in [0, 0.1) is 5.92 Å². The second kappa shape index (κ2) is 6.46. The highest BCUT2D eigenvalue weighted by Crippen LogP contribution is 2.20. The average molecular weight is 270 g/mol. The van der Waals surface area contributed by atoms with Crippen molar-refractivity contribution in [2.24, 2.45) is 5.92 Å². The third-order valence-corrected chi connectivity index (χ3v) is 3.50. The Hall–Kier alpha value is -1.97. The molecule has 0 spiro atoms. The van der Waals surface area contributed by atoms with Gasteiger partial charge in [0.05, 0.1) is 0 Å². The molecular weight excluding hydrogens is 248 g/mol. The molecule has 0 saturated carbocycles. The van der Waals surface area contributed by atoms with Crippen molar-refractivity contribution in [2.75, 3.05) is 5.32 Å². The van der Waals surface area contributed by atoms with Gasteiger partial charge >= 0.3 is 0 Å². The van der Waals surface area contributed by atoms with Crippen molar-refractivity contribution in [1.82, 2.24) is 15.0 Å². The number of aryl methyl sites for hydroxylation is 1. The van der Waals surface area contributed by atoms with E-state index in [1.807, 2.05) is 24.4 Å². The summed E-state index contributed by atoms with van der Waals surface area (Å²) in [6, 6.07) is 6.14. The van der Waals surface area contributed by atoms with Gasteiger partial charge in [-0.05, 0) is 31.4 Å². The van der Waals surface area contributed by atoms with Gasteiger partial charge in [0, 0.05) is 24.0 Å². The minimum Gasteiger partial charge on any atom is -0.367 e. The first-order valence-electron chi connectivity index (χ1n) is 7.15. The second-order valence-electron chi connectivity index (χ2n) is 5.31. The summed E-state index contributed by atoms with van der Waals surface area (Å²) in [5.41, 5.74) is 1.94. The number of rotatable bonds is 5. The fraction of sp³-hybridized carbons (Fsp3) is 0.438. The number of nitrogens with zero attached hydrogens (tertiary/aromatic N) is 3. The van der Waals surface area contributed by atoms with E-state index < -0.39 is 0 Å². The number of hydrogen-bond acceptors (Lipinski definition) is 4. The van der Waals surface area contributed by atoms with Crippen LogP contribution in [-0.4, -0.2) is 21.0 Å². The topological polar surface area (TPSA) is 50.7 Å². The van der Waals surface area contributed by atoms with E-state index in [9.17, 15) is 0 Å². The first-order chi connectivity index (χ1) is 9.61. The Labute approximate surface area is 120 Å². The van der Waals surface area contributed by atoms with Crippen LogP contribution in [-0.2, 0) is 6.42 Å². The van der Waals surface area contributed by atoms with Crippen LogP contribution in [0.25, 0.3) is 11.5 Å². The molecule has 2 rings (SSSR count). The molecule has 0 aromatic carbocycles. The SMILES string of the molecule is CCc1cnc(-c2ccccn2)nc1NC(C)C(C)C. The van der Waals surface area contributed by atoms with Crippen LogP contribution in [0.4, 0.5) is 5.82 Å². The summed E-state index contributed by atoms with van der Waals surface area (Å²) >= 11 is 0. The molecule has 0 bridgehead atoms. The normalized spacial score (nSPS) is 12.4. The number of anilines is 1. The van der Waals surface area contributed by atoms with Gasteiger partial charge in [0.1, 0.15) is 11.5 Å². The van der Waals surface area contributed by atoms with Gasteiger partial charge < -0.3 is 5.32 Å². The van der Waals surface area contributed by atoms with E-state index in [1.165, 1.54) is 0 Å². The first-order valence-corrected chi connectivity index (χ1v) is 7.15. The summed E-state index contributed by atoms with van der Waals surface area (Å²) in [7, 11) is 0. The van der Waals surface area contributed by atoms with Gasteiger partial charge in [0.25, 0.3) is 0 Å². The molecule has 1 unspecified atom stereocenters. The van der Waals surface area contributed by atoms with E-state index in [-0.39, 0.29) is 0 Å². The quantitative estimate of drug-likeness (QED) is 0.902. The maximum absolute atomic E-state index is 4.65. The lowest BCUT2D eigenvalue weighted by molar-refractivity contribution is 0.557. The molecule has 0 aliphatic heterocycles. The minimum atomic E-state index is 0.367. The lowest BCUT2D eigenvalue weighted by Crippen LogP contribution is -2.23. The van der Waals surface area contributed by atoms with Crippen LogP contribution in [0.3, 0.4) is 0 Å². The third-order valence-electron chi connectivity index (χ3n) is 3.50. The molecule has 4 heteroatoms. The van der Waals surface area contributed by atoms with Crippen molar-refractivity contribution in [3.05, 3.63) is 36.2 Å². The Morgan fingerprint density at radius 1 is 1.15 bits per heavy atom. The molecular formula is C16H22N4. The van der Waals surface area contributed by atoms with E-state index >= 15 is 0 Å². The van der Waals surface area contributed by atoms with Crippen LogP contribution in [0.15, 0.2) is 30.6 Å². The van der Waals surface area contributed by atoms with Crippen LogP contribution in [0.2, 0.25) is 0 Å². The minimum absolute atomic E-state index is 0.367. The molecule has 1 N–H and O–H groups in total. The molecule has 0 radical (unpaired) electrons. The molecule has 0 aliphatic carbocycles. The Balaban J connectivity index is 2.34. The average Bonchev–Trinajstić information content (AvgIpc) is 2.48. The van der Waals surface area contributed by atoms with Gasteiger partial charge in [-0.3, -0.25) is 4.98 Å². The van der Waals surface area contributed by atoms with E-state index in [2.05, 4.69) is 48.0 Å². The van der Waals surface area contributed by atoms with E-state index in [0.29, 0.717) is 17.8 Å². The number of pyridine rings is 1. The zero-order valence-corrected chi connectivity index (χ0v) is 12.6. The molecule has 2 heterocycles. The van der Waals surface area contributed by atoms with Crippen LogP contribution >= 0.6 is 0 Å². The van der Waals surface area contributed by atoms with Crippen molar-refractivity contribution in [3.8, 4) is 11.5 Å². The highest BCUT2D eigenvalue weighted by Gasteiger charge is 2.12. The standard InChI is InChI=1S/C16H22N4/c1-5-13-10-18-16(14-8-6-7-9-17-14)20-15(13)19-12(4)11(2)3/h6-12H,5H2,1-4H3,(H,18,19,20). The zero-order valence-electron chi connectivity index (χ0n) is 12.6. The zero-order chi connectivity index (χ0) is 14.5. The Kier molecular flexibility index (Phi) is 4.66. The predicted octanol–water partition coefficient (Wildman–Crippen LogP) is 3.56. The molecule has 106 valence electrons. The lowest BCUT2D eigenvalue weighted by Gasteiger charge is -2.20. The molecule has 2 aromatic rings. The molecule has 4 nitrogen and oxygen atoms in total. The van der Waals surface area contributed by atoms with E-state index in [4.69, 9.17) is 0 Å². The van der Waals surface area contributed by atoms with Crippen molar-refractivity contribution in [3.63, 3.8) is 0 Å². The van der Waals surface area contributed by atoms with Crippen LogP contribution in [0.5, 0.6) is 0 Å². The maximum Gasteiger partial charge on any atom is 0.180 e. The second-order valence-corrected chi connectivity index (χ2v) is 5.31. The van der Waals surface area contributed by atoms with Gasteiger partial charge in [-0.2, -0.15) is 0 Å². The number of hydrogen-bond donors (Lipinski definition) is 1. The van der Waals surface area contributed by atoms with E-state index in [1.54, 1.807) is 6.20 Å². The molecule has 2 aromatic heterocycles. The van der Waals surface area contributed by atoms with Crippen molar-refractivity contribution in [2.45, 2.75) is 40.2 Å². The third kappa shape index (κ3) is 3.32. The van der Waals surface area contributed by atoms with Gasteiger partial charge in [0.2, 0.25) is 0 Å². The van der Waals surface area contributed by atoms with Crippen molar-refractivity contribution < 1.29 is 0 Å². The Morgan fingerprint density at radius 3 is 2.55 bits per heavy atom. The van der Waals surface area contributed by atoms with Gasteiger partial charge in [-0.25, -0.2) is 9.97 Å². The summed E-state index contributed by atoms with van der Waals surface area (Å²) in [6.45, 7) is 8.69. The summed E-state index contributed by atoms with van der Waals surface area (Å²) in [4.78, 5) is 13.4. The highest BCUT2D eigenvalue weighted by molar-refractivity contribution is 5.54. The summed E-state index contributed by atoms with van der Waals surface area (Å²) < 4.78 is 0. The van der Waals surface area contributed by atoms with Gasteiger partial charge in [-0.15, -0.1) is 0 Å². The number of nitrogens with one attached hydrogen (secondary N) is 1. The molecule has 0 amide bonds. The molecule has 0 fully saturated rings. The summed E-state index contributed by atoms with van der Waals surface area (Å²) in [5, 5.41) is 3.49. The van der Waals surface area contributed by atoms with Crippen LogP contribution < -0.4 is 5.32 Å². The molecule has 0 aliphatic rings. The lowest BCUT2D eigenvalue weighted by atomic mass is 10.1. The fourth-order valence-electron chi connectivity index (χ4n) is 1.79. The smallest absolute Gasteiger partial charge is 0.180 e. The molecule has 20 heavy (non-hydrogen) atoms. The van der Waals surface area contributed by atoms with Crippen molar-refractivity contribution in [1.29, 1.82) is 0 Å². The summed E-state index contributed by atoms with van der Waals surface area (Å²) in [5.74, 6) is 2.14. The summed E-state index contributed by atoms with van der Waals surface area (Å²) in [6.07, 6.45) is 4.57. The molecule has 0 saturated heterocycles. The van der Waals surface area contributed by atoms with E-state index in [0.717, 1.165) is 23.5 Å². The highest BCUT2D eigenvalue weighted by atomic mass is 15.1. The van der Waals surface area contributed by atoms with Gasteiger partial charge in [-0.1, -0.05) is 26.8 Å². The number of aromatic nitrogens is 3. The molecule has 1 atom stereocenters. The monoisotopic (exact) mass is 270 g/mol. The first kappa shape index (κ1) is 14.4. The Bertz CT molecular complexity index is 552. The van der Waals surface area contributed by atoms with Crippen molar-refractivity contribution >= 4 is 5.82 Å². The van der Waals surface area contributed by atoms with Crippen LogP contribution in [0.1, 0.15) is 33.3 Å². The predicted molar refractivity (Wildman–Crippen MR) is 82.6 cm³/mol. The largest absolute Gasteiger partial charge is 0.367 e. The fourth-order valence-corrected chi connectivity index (χ4v) is 1.79. The maximum atomic E-state index is 4.65. The Morgan fingerprint density at radius 2 is 1.95 bits per heavy atom.